The molecule has 1 aliphatic rings. The Bertz CT molecular complexity index is 670. The lowest BCUT2D eigenvalue weighted by Gasteiger charge is -2.24. The first-order chi connectivity index (χ1) is 10.6. The highest BCUT2D eigenvalue weighted by Crippen LogP contribution is 2.31. The molecule has 0 unspecified atom stereocenters. The van der Waals surface area contributed by atoms with E-state index in [2.05, 4.69) is 14.9 Å². The van der Waals surface area contributed by atoms with Crippen molar-refractivity contribution >= 4 is 5.97 Å². The zero-order valence-corrected chi connectivity index (χ0v) is 12.6. The van der Waals surface area contributed by atoms with Gasteiger partial charge in [0.05, 0.1) is 17.3 Å². The summed E-state index contributed by atoms with van der Waals surface area (Å²) >= 11 is 0. The van der Waals surface area contributed by atoms with E-state index in [0.717, 1.165) is 43.0 Å². The van der Waals surface area contributed by atoms with E-state index in [1.165, 1.54) is 0 Å². The van der Waals surface area contributed by atoms with Gasteiger partial charge in [-0.25, -0.2) is 14.8 Å². The first-order valence-corrected chi connectivity index (χ1v) is 7.49. The average molecular weight is 297 g/mol. The van der Waals surface area contributed by atoms with Crippen molar-refractivity contribution in [2.24, 2.45) is 0 Å². The van der Waals surface area contributed by atoms with Gasteiger partial charge in [-0.05, 0) is 50.1 Å². The molecule has 2 heterocycles. The lowest BCUT2D eigenvalue weighted by molar-refractivity contribution is 0.0697. The lowest BCUT2D eigenvalue weighted by atomic mass is 10.1. The molecule has 1 saturated heterocycles. The maximum absolute atomic E-state index is 10.9. The molecule has 0 radical (unpaired) electrons. The van der Waals surface area contributed by atoms with Crippen LogP contribution >= 0.6 is 0 Å². The van der Waals surface area contributed by atoms with Crippen LogP contribution in [0.5, 0.6) is 0 Å². The molecule has 1 N–H and O–H groups in total. The summed E-state index contributed by atoms with van der Waals surface area (Å²) in [5.74, 6) is -0.0859. The van der Waals surface area contributed by atoms with Crippen LogP contribution in [0, 0.1) is 6.92 Å². The van der Waals surface area contributed by atoms with Crippen molar-refractivity contribution in [2.45, 2.75) is 32.4 Å². The van der Waals surface area contributed by atoms with E-state index in [-0.39, 0.29) is 0 Å². The molecule has 0 aliphatic carbocycles. The number of hydrogen-bond donors (Lipinski definition) is 1. The third-order valence-electron chi connectivity index (χ3n) is 4.09. The van der Waals surface area contributed by atoms with E-state index in [0.29, 0.717) is 11.6 Å². The third-order valence-corrected chi connectivity index (χ3v) is 4.09. The predicted octanol–water partition coefficient (Wildman–Crippen LogP) is 2.82. The van der Waals surface area contributed by atoms with Crippen molar-refractivity contribution in [3.63, 3.8) is 0 Å². The molecule has 0 amide bonds. The van der Waals surface area contributed by atoms with Crippen LogP contribution in [0.15, 0.2) is 36.5 Å². The minimum absolute atomic E-state index is 0.320. The maximum atomic E-state index is 10.9. The van der Waals surface area contributed by atoms with E-state index >= 15 is 0 Å². The summed E-state index contributed by atoms with van der Waals surface area (Å²) < 4.78 is 0. The van der Waals surface area contributed by atoms with Gasteiger partial charge in [-0.3, -0.25) is 4.90 Å². The zero-order valence-electron chi connectivity index (χ0n) is 12.6. The van der Waals surface area contributed by atoms with Crippen molar-refractivity contribution in [1.29, 1.82) is 0 Å². The number of hydrogen-bond acceptors (Lipinski definition) is 4. The number of nitrogens with zero attached hydrogens (tertiary/aromatic N) is 3. The summed E-state index contributed by atoms with van der Waals surface area (Å²) in [7, 11) is 0. The Morgan fingerprint density at radius 1 is 1.32 bits per heavy atom. The number of aromatic carboxylic acids is 1. The Labute approximate surface area is 129 Å². The van der Waals surface area contributed by atoms with Crippen LogP contribution in [0.25, 0.3) is 0 Å². The molecule has 5 heteroatoms. The molecule has 2 aromatic rings. The molecule has 1 aliphatic heterocycles. The van der Waals surface area contributed by atoms with Crippen LogP contribution in [-0.2, 0) is 6.54 Å². The third kappa shape index (κ3) is 3.14. The molecule has 0 saturated carbocycles. The number of carbonyl (C=O) groups is 1. The molecule has 1 fully saturated rings. The number of rotatable bonds is 4. The van der Waals surface area contributed by atoms with E-state index in [1.54, 1.807) is 12.1 Å². The van der Waals surface area contributed by atoms with E-state index in [9.17, 15) is 4.79 Å². The monoisotopic (exact) mass is 297 g/mol. The highest BCUT2D eigenvalue weighted by molar-refractivity contribution is 5.87. The second kappa shape index (κ2) is 6.23. The Morgan fingerprint density at radius 3 is 2.77 bits per heavy atom. The highest BCUT2D eigenvalue weighted by Gasteiger charge is 2.27. The Kier molecular flexibility index (Phi) is 4.15. The summed E-state index contributed by atoms with van der Waals surface area (Å²) in [4.78, 5) is 22.0. The molecule has 1 atom stereocenters. The van der Waals surface area contributed by atoms with Gasteiger partial charge in [0.25, 0.3) is 0 Å². The Morgan fingerprint density at radius 2 is 2.09 bits per heavy atom. The van der Waals surface area contributed by atoms with Gasteiger partial charge in [0.15, 0.2) is 0 Å². The number of carboxylic acid groups (broad SMARTS) is 1. The number of aromatic nitrogens is 2. The van der Waals surface area contributed by atoms with Crippen molar-refractivity contribution in [3.05, 3.63) is 59.2 Å². The number of aryl methyl sites for hydroxylation is 1. The molecule has 1 aromatic carbocycles. The van der Waals surface area contributed by atoms with Crippen LogP contribution in [0.1, 0.15) is 46.3 Å². The van der Waals surface area contributed by atoms with Crippen LogP contribution in [0.3, 0.4) is 0 Å². The summed E-state index contributed by atoms with van der Waals surface area (Å²) in [6.07, 6.45) is 4.07. The van der Waals surface area contributed by atoms with Crippen LogP contribution < -0.4 is 0 Å². The lowest BCUT2D eigenvalue weighted by Crippen LogP contribution is -2.23. The van der Waals surface area contributed by atoms with Gasteiger partial charge in [0, 0.05) is 12.7 Å². The fourth-order valence-electron chi connectivity index (χ4n) is 3.00. The number of carboxylic acids is 1. The summed E-state index contributed by atoms with van der Waals surface area (Å²) in [6.45, 7) is 3.76. The second-order valence-electron chi connectivity index (χ2n) is 5.66. The fraction of sp³-hybridized carbons (Fsp3) is 0.353. The molecule has 0 spiro atoms. The summed E-state index contributed by atoms with van der Waals surface area (Å²) in [5, 5.41) is 8.95. The van der Waals surface area contributed by atoms with E-state index in [4.69, 9.17) is 5.11 Å². The minimum Gasteiger partial charge on any atom is -0.478 e. The molecule has 114 valence electrons. The van der Waals surface area contributed by atoms with Crippen molar-refractivity contribution in [1.82, 2.24) is 14.9 Å². The normalized spacial score (nSPS) is 18.5. The van der Waals surface area contributed by atoms with Crippen molar-refractivity contribution < 1.29 is 9.90 Å². The van der Waals surface area contributed by atoms with Gasteiger partial charge in [-0.1, -0.05) is 12.1 Å². The van der Waals surface area contributed by atoms with Gasteiger partial charge >= 0.3 is 5.97 Å². The van der Waals surface area contributed by atoms with Crippen molar-refractivity contribution in [3.8, 4) is 0 Å². The SMILES string of the molecule is Cc1nccc([C@@H]2CCCN2Cc2ccc(C(=O)O)cc2)n1. The molecule has 5 nitrogen and oxygen atoms in total. The van der Waals surface area contributed by atoms with E-state index < -0.39 is 5.97 Å². The number of likely N-dealkylation sites (tertiary alicyclic amines) is 1. The van der Waals surface area contributed by atoms with Crippen LogP contribution in [0.4, 0.5) is 0 Å². The van der Waals surface area contributed by atoms with E-state index in [1.807, 2.05) is 31.3 Å². The summed E-state index contributed by atoms with van der Waals surface area (Å²) in [5.41, 5.74) is 2.53. The van der Waals surface area contributed by atoms with Gasteiger partial charge in [-0.15, -0.1) is 0 Å². The predicted molar refractivity (Wildman–Crippen MR) is 82.6 cm³/mol. The van der Waals surface area contributed by atoms with Gasteiger partial charge < -0.3 is 5.11 Å². The first-order valence-electron chi connectivity index (χ1n) is 7.49. The first kappa shape index (κ1) is 14.7. The van der Waals surface area contributed by atoms with Gasteiger partial charge in [0.1, 0.15) is 5.82 Å². The maximum Gasteiger partial charge on any atom is 0.335 e. The molecular formula is C17H19N3O2. The topological polar surface area (TPSA) is 66.3 Å². The zero-order chi connectivity index (χ0) is 15.5. The summed E-state index contributed by atoms with van der Waals surface area (Å²) in [6, 6.07) is 9.42. The standard InChI is InChI=1S/C17H19N3O2/c1-12-18-9-8-15(19-12)16-3-2-10-20(16)11-13-4-6-14(7-5-13)17(21)22/h4-9,16H,2-3,10-11H2,1H3,(H,21,22)/t16-/m0/s1. The Hall–Kier alpha value is -2.27. The van der Waals surface area contributed by atoms with Crippen LogP contribution in [-0.4, -0.2) is 32.5 Å². The van der Waals surface area contributed by atoms with Crippen LogP contribution in [0.2, 0.25) is 0 Å². The average Bonchev–Trinajstić information content (AvgIpc) is 2.96. The van der Waals surface area contributed by atoms with Gasteiger partial charge in [0.2, 0.25) is 0 Å². The van der Waals surface area contributed by atoms with Crippen molar-refractivity contribution in [2.75, 3.05) is 6.54 Å². The van der Waals surface area contributed by atoms with Gasteiger partial charge in [-0.2, -0.15) is 0 Å². The minimum atomic E-state index is -0.887. The quantitative estimate of drug-likeness (QED) is 0.940. The molecule has 0 bridgehead atoms. The molecule has 22 heavy (non-hydrogen) atoms. The molecule has 1 aromatic heterocycles. The number of benzene rings is 1. The largest absolute Gasteiger partial charge is 0.478 e. The second-order valence-corrected chi connectivity index (χ2v) is 5.66. The fourth-order valence-corrected chi connectivity index (χ4v) is 3.00. The Balaban J connectivity index is 1.75. The highest BCUT2D eigenvalue weighted by atomic mass is 16.4. The smallest absolute Gasteiger partial charge is 0.335 e. The molecule has 3 rings (SSSR count). The molecular weight excluding hydrogens is 278 g/mol.